The van der Waals surface area contributed by atoms with E-state index in [1.807, 2.05) is 44.4 Å². The fraction of sp³-hybridized carbons (Fsp3) is 0.333. The average molecular weight is 281 g/mol. The van der Waals surface area contributed by atoms with Gasteiger partial charge in [0.05, 0.1) is 11.4 Å². The molecule has 0 saturated heterocycles. The summed E-state index contributed by atoms with van der Waals surface area (Å²) in [6, 6.07) is 14.4. The van der Waals surface area contributed by atoms with Crippen LogP contribution in [-0.2, 0) is 12.8 Å². The van der Waals surface area contributed by atoms with Gasteiger partial charge in [-0.1, -0.05) is 19.9 Å². The summed E-state index contributed by atoms with van der Waals surface area (Å²) in [4.78, 5) is 2.07. The summed E-state index contributed by atoms with van der Waals surface area (Å²) in [7, 11) is 4.05. The molecule has 2 rings (SSSR count). The molecule has 0 unspecified atom stereocenters. The molecule has 2 aromatic rings. The van der Waals surface area contributed by atoms with E-state index in [1.165, 1.54) is 11.1 Å². The maximum Gasteiger partial charge on any atom is 0.0860 e. The van der Waals surface area contributed by atoms with E-state index in [9.17, 15) is 0 Å². The Kier molecular flexibility index (Phi) is 5.09. The highest BCUT2D eigenvalue weighted by Gasteiger charge is 2.00. The number of rotatable bonds is 5. The molecule has 3 nitrogen and oxygen atoms in total. The summed E-state index contributed by atoms with van der Waals surface area (Å²) < 4.78 is 0. The van der Waals surface area contributed by atoms with Crippen molar-refractivity contribution in [2.75, 3.05) is 19.0 Å². The fourth-order valence-corrected chi connectivity index (χ4v) is 2.28. The Labute approximate surface area is 127 Å². The van der Waals surface area contributed by atoms with E-state index in [2.05, 4.69) is 41.1 Å². The van der Waals surface area contributed by atoms with Gasteiger partial charge in [0.1, 0.15) is 0 Å². The topological polar surface area (TPSA) is 28.0 Å². The smallest absolute Gasteiger partial charge is 0.0860 e. The predicted octanol–water partition coefficient (Wildman–Crippen LogP) is 5.29. The molecule has 0 aromatic heterocycles. The molecule has 0 aliphatic rings. The summed E-state index contributed by atoms with van der Waals surface area (Å²) in [5.41, 5.74) is 5.71. The molecule has 0 atom stereocenters. The molecule has 2 aromatic carbocycles. The van der Waals surface area contributed by atoms with Crippen LogP contribution in [0.4, 0.5) is 17.1 Å². The minimum absolute atomic E-state index is 0.873. The van der Waals surface area contributed by atoms with Gasteiger partial charge in [-0.2, -0.15) is 10.2 Å². The Bertz CT molecular complexity index is 613. The van der Waals surface area contributed by atoms with Crippen LogP contribution in [0.1, 0.15) is 25.0 Å². The Hall–Kier alpha value is -2.16. The van der Waals surface area contributed by atoms with Crippen LogP contribution >= 0.6 is 0 Å². The summed E-state index contributed by atoms with van der Waals surface area (Å²) in [5.74, 6) is 0. The molecule has 0 fully saturated rings. The van der Waals surface area contributed by atoms with Gasteiger partial charge in [0.2, 0.25) is 0 Å². The number of benzene rings is 2. The van der Waals surface area contributed by atoms with Gasteiger partial charge in [-0.05, 0) is 60.4 Å². The second-order valence-corrected chi connectivity index (χ2v) is 5.27. The van der Waals surface area contributed by atoms with Crippen LogP contribution in [0.3, 0.4) is 0 Å². The molecule has 0 amide bonds. The molecular weight excluding hydrogens is 258 g/mol. The van der Waals surface area contributed by atoms with Crippen LogP contribution < -0.4 is 4.90 Å². The highest BCUT2D eigenvalue weighted by Crippen LogP contribution is 2.23. The van der Waals surface area contributed by atoms with E-state index in [4.69, 9.17) is 0 Å². The second kappa shape index (κ2) is 7.02. The van der Waals surface area contributed by atoms with Crippen LogP contribution in [0.25, 0.3) is 0 Å². The third-order valence-electron chi connectivity index (χ3n) is 3.60. The average Bonchev–Trinajstić information content (AvgIpc) is 2.52. The van der Waals surface area contributed by atoms with Crippen molar-refractivity contribution in [3.05, 3.63) is 53.6 Å². The van der Waals surface area contributed by atoms with E-state index in [0.29, 0.717) is 0 Å². The predicted molar refractivity (Wildman–Crippen MR) is 90.1 cm³/mol. The molecule has 3 heteroatoms. The maximum atomic E-state index is 4.35. The minimum Gasteiger partial charge on any atom is -0.378 e. The molecule has 0 N–H and O–H groups in total. The lowest BCUT2D eigenvalue weighted by molar-refractivity contribution is 1.03. The van der Waals surface area contributed by atoms with Crippen molar-refractivity contribution in [2.45, 2.75) is 26.7 Å². The molecule has 0 saturated carbocycles. The lowest BCUT2D eigenvalue weighted by Gasteiger charge is -2.11. The zero-order valence-corrected chi connectivity index (χ0v) is 13.3. The van der Waals surface area contributed by atoms with Crippen LogP contribution in [0.15, 0.2) is 52.7 Å². The Balaban J connectivity index is 2.17. The molecule has 0 heterocycles. The molecule has 0 bridgehead atoms. The number of hydrogen-bond acceptors (Lipinski definition) is 3. The summed E-state index contributed by atoms with van der Waals surface area (Å²) in [6.45, 7) is 4.36. The number of hydrogen-bond donors (Lipinski definition) is 0. The molecule has 0 aliphatic carbocycles. The van der Waals surface area contributed by atoms with E-state index < -0.39 is 0 Å². The minimum atomic E-state index is 0.873. The summed E-state index contributed by atoms with van der Waals surface area (Å²) in [6.07, 6.45) is 2.09. The number of anilines is 1. The van der Waals surface area contributed by atoms with Crippen LogP contribution in [-0.4, -0.2) is 14.1 Å². The first-order valence-corrected chi connectivity index (χ1v) is 7.45. The van der Waals surface area contributed by atoms with Gasteiger partial charge in [0.25, 0.3) is 0 Å². The lowest BCUT2D eigenvalue weighted by atomic mass is 10.0. The molecule has 0 radical (unpaired) electrons. The van der Waals surface area contributed by atoms with Gasteiger partial charge in [-0.3, -0.25) is 0 Å². The first kappa shape index (κ1) is 15.2. The highest BCUT2D eigenvalue weighted by atomic mass is 15.1. The number of azo groups is 1. The van der Waals surface area contributed by atoms with Crippen molar-refractivity contribution in [1.82, 2.24) is 0 Å². The third-order valence-corrected chi connectivity index (χ3v) is 3.60. The Morgan fingerprint density at radius 2 is 1.33 bits per heavy atom. The Morgan fingerprint density at radius 3 is 1.90 bits per heavy atom. The zero-order chi connectivity index (χ0) is 15.2. The zero-order valence-electron chi connectivity index (χ0n) is 13.3. The van der Waals surface area contributed by atoms with Crippen LogP contribution in [0, 0.1) is 0 Å². The largest absolute Gasteiger partial charge is 0.378 e. The van der Waals surface area contributed by atoms with Crippen molar-refractivity contribution in [3.8, 4) is 0 Å². The van der Waals surface area contributed by atoms with Crippen LogP contribution in [0.2, 0.25) is 0 Å². The summed E-state index contributed by atoms with van der Waals surface area (Å²) in [5, 5.41) is 8.66. The van der Waals surface area contributed by atoms with Crippen molar-refractivity contribution in [3.63, 3.8) is 0 Å². The van der Waals surface area contributed by atoms with E-state index in [1.54, 1.807) is 0 Å². The third kappa shape index (κ3) is 3.91. The molecule has 0 spiro atoms. The van der Waals surface area contributed by atoms with Crippen molar-refractivity contribution >= 4 is 17.1 Å². The molecular formula is C18H23N3. The van der Waals surface area contributed by atoms with Gasteiger partial charge in [-0.25, -0.2) is 0 Å². The van der Waals surface area contributed by atoms with Gasteiger partial charge in [0.15, 0.2) is 0 Å². The van der Waals surface area contributed by atoms with Gasteiger partial charge < -0.3 is 4.90 Å². The van der Waals surface area contributed by atoms with E-state index in [-0.39, 0.29) is 0 Å². The lowest BCUT2D eigenvalue weighted by Crippen LogP contribution is -2.07. The van der Waals surface area contributed by atoms with Gasteiger partial charge in [-0.15, -0.1) is 0 Å². The highest BCUT2D eigenvalue weighted by molar-refractivity contribution is 5.52. The SMILES string of the molecule is CCc1ccc(N=Nc2ccc(N(C)C)cc2)cc1CC. The number of aryl methyl sites for hydroxylation is 2. The van der Waals surface area contributed by atoms with E-state index >= 15 is 0 Å². The standard InChI is InChI=1S/C18H23N3/c1-5-14-7-8-17(13-15(14)6-2)20-19-16-9-11-18(12-10-16)21(3)4/h7-13H,5-6H2,1-4H3. The first-order chi connectivity index (χ1) is 10.1. The molecule has 0 aliphatic heterocycles. The fourth-order valence-electron chi connectivity index (χ4n) is 2.28. The summed E-state index contributed by atoms with van der Waals surface area (Å²) >= 11 is 0. The molecule has 21 heavy (non-hydrogen) atoms. The quantitative estimate of drug-likeness (QED) is 0.684. The molecule has 110 valence electrons. The van der Waals surface area contributed by atoms with Crippen LogP contribution in [0.5, 0.6) is 0 Å². The van der Waals surface area contributed by atoms with Crippen molar-refractivity contribution < 1.29 is 0 Å². The Morgan fingerprint density at radius 1 is 0.762 bits per heavy atom. The number of nitrogens with zero attached hydrogens (tertiary/aromatic N) is 3. The van der Waals surface area contributed by atoms with Crippen molar-refractivity contribution in [1.29, 1.82) is 0 Å². The monoisotopic (exact) mass is 281 g/mol. The second-order valence-electron chi connectivity index (χ2n) is 5.27. The van der Waals surface area contributed by atoms with Gasteiger partial charge in [0, 0.05) is 19.8 Å². The normalized spacial score (nSPS) is 11.0. The van der Waals surface area contributed by atoms with Gasteiger partial charge >= 0.3 is 0 Å². The van der Waals surface area contributed by atoms with Crippen molar-refractivity contribution in [2.24, 2.45) is 10.2 Å². The van der Waals surface area contributed by atoms with E-state index in [0.717, 1.165) is 29.9 Å². The maximum absolute atomic E-state index is 4.35. The first-order valence-electron chi connectivity index (χ1n) is 7.45.